The number of nitrogens with zero attached hydrogens (tertiary/aromatic N) is 2. The van der Waals surface area contributed by atoms with Gasteiger partial charge in [-0.3, -0.25) is 10.1 Å². The molecule has 1 aromatic rings. The molecular formula is C14H19N3O5S. The van der Waals surface area contributed by atoms with Crippen molar-refractivity contribution in [3.05, 3.63) is 28.3 Å². The van der Waals surface area contributed by atoms with Gasteiger partial charge in [0.15, 0.2) is 4.90 Å². The number of methoxy groups -OCH3 is 1. The van der Waals surface area contributed by atoms with Gasteiger partial charge >= 0.3 is 0 Å². The summed E-state index contributed by atoms with van der Waals surface area (Å²) in [5.74, 6) is 0.258. The molecule has 126 valence electrons. The SMILES string of the molecule is COc1ccc(S(=O)(=O)N2CCC3(CCNC3)C2)c([N+](=O)[O-])c1. The van der Waals surface area contributed by atoms with Gasteiger partial charge in [-0.05, 0) is 36.9 Å². The molecule has 0 radical (unpaired) electrons. The molecule has 0 bridgehead atoms. The van der Waals surface area contributed by atoms with E-state index in [4.69, 9.17) is 4.74 Å². The van der Waals surface area contributed by atoms with E-state index in [0.717, 1.165) is 32.0 Å². The Bertz CT molecular complexity index is 728. The van der Waals surface area contributed by atoms with E-state index in [1.54, 1.807) is 0 Å². The van der Waals surface area contributed by atoms with E-state index in [0.29, 0.717) is 13.1 Å². The highest BCUT2D eigenvalue weighted by atomic mass is 32.2. The molecule has 23 heavy (non-hydrogen) atoms. The topological polar surface area (TPSA) is 102 Å². The summed E-state index contributed by atoms with van der Waals surface area (Å²) < 4.78 is 32.0. The summed E-state index contributed by atoms with van der Waals surface area (Å²) >= 11 is 0. The lowest BCUT2D eigenvalue weighted by Gasteiger charge is -2.22. The van der Waals surface area contributed by atoms with Gasteiger partial charge in [-0.15, -0.1) is 0 Å². The van der Waals surface area contributed by atoms with Gasteiger partial charge in [-0.2, -0.15) is 4.31 Å². The molecule has 1 N–H and O–H groups in total. The minimum atomic E-state index is -3.89. The van der Waals surface area contributed by atoms with E-state index in [9.17, 15) is 18.5 Å². The minimum absolute atomic E-state index is 0.0334. The monoisotopic (exact) mass is 341 g/mol. The van der Waals surface area contributed by atoms with E-state index in [-0.39, 0.29) is 16.1 Å². The van der Waals surface area contributed by atoms with Gasteiger partial charge in [0.2, 0.25) is 10.0 Å². The van der Waals surface area contributed by atoms with Crippen LogP contribution in [0.5, 0.6) is 5.75 Å². The van der Waals surface area contributed by atoms with Gasteiger partial charge < -0.3 is 10.1 Å². The molecule has 3 rings (SSSR count). The molecule has 1 atom stereocenters. The summed E-state index contributed by atoms with van der Waals surface area (Å²) in [6.07, 6.45) is 1.72. The second-order valence-electron chi connectivity index (χ2n) is 6.11. The molecule has 2 fully saturated rings. The Hall–Kier alpha value is -1.71. The van der Waals surface area contributed by atoms with Crippen LogP contribution in [0.25, 0.3) is 0 Å². The number of hydrogen-bond acceptors (Lipinski definition) is 6. The standard InChI is InChI=1S/C14H19N3O5S/c1-22-11-2-3-13(12(8-11)17(18)19)23(20,21)16-7-5-14(10-16)4-6-15-9-14/h2-3,8,15H,4-7,9-10H2,1H3. The van der Waals surface area contributed by atoms with Crippen LogP contribution < -0.4 is 10.1 Å². The van der Waals surface area contributed by atoms with Gasteiger partial charge in [0, 0.05) is 19.6 Å². The fourth-order valence-electron chi connectivity index (χ4n) is 3.37. The van der Waals surface area contributed by atoms with Crippen molar-refractivity contribution in [2.24, 2.45) is 5.41 Å². The Morgan fingerprint density at radius 3 is 2.78 bits per heavy atom. The second-order valence-corrected chi connectivity index (χ2v) is 8.01. The molecule has 2 heterocycles. The molecule has 1 unspecified atom stereocenters. The van der Waals surface area contributed by atoms with Crippen molar-refractivity contribution >= 4 is 15.7 Å². The third-order valence-electron chi connectivity index (χ3n) is 4.72. The summed E-state index contributed by atoms with van der Waals surface area (Å²) in [6, 6.07) is 3.84. The first-order valence-corrected chi connectivity index (χ1v) is 8.85. The predicted molar refractivity (Wildman–Crippen MR) is 82.9 cm³/mol. The Labute approximate surface area is 134 Å². The third-order valence-corrected chi connectivity index (χ3v) is 6.61. The summed E-state index contributed by atoms with van der Waals surface area (Å²) in [4.78, 5) is 10.3. The first-order valence-electron chi connectivity index (χ1n) is 7.41. The van der Waals surface area contributed by atoms with Gasteiger partial charge in [0.25, 0.3) is 5.69 Å². The normalized spacial score (nSPS) is 25.1. The van der Waals surface area contributed by atoms with Crippen LogP contribution in [0.3, 0.4) is 0 Å². The summed E-state index contributed by atoms with van der Waals surface area (Å²) in [6.45, 7) is 2.49. The zero-order chi connectivity index (χ0) is 16.7. The maximum Gasteiger partial charge on any atom is 0.293 e. The zero-order valence-corrected chi connectivity index (χ0v) is 13.6. The van der Waals surface area contributed by atoms with Crippen molar-refractivity contribution in [1.82, 2.24) is 9.62 Å². The van der Waals surface area contributed by atoms with Crippen LogP contribution in [-0.4, -0.2) is 50.9 Å². The summed E-state index contributed by atoms with van der Waals surface area (Å²) in [7, 11) is -2.51. The first kappa shape index (κ1) is 16.2. The van der Waals surface area contributed by atoms with Crippen molar-refractivity contribution in [1.29, 1.82) is 0 Å². The summed E-state index contributed by atoms with van der Waals surface area (Å²) in [5.41, 5.74) is -0.483. The van der Waals surface area contributed by atoms with E-state index >= 15 is 0 Å². The Morgan fingerprint density at radius 2 is 2.17 bits per heavy atom. The molecule has 0 saturated carbocycles. The Balaban J connectivity index is 1.95. The van der Waals surface area contributed by atoms with E-state index < -0.39 is 20.6 Å². The second kappa shape index (κ2) is 5.73. The highest BCUT2D eigenvalue weighted by molar-refractivity contribution is 7.89. The van der Waals surface area contributed by atoms with Crippen molar-refractivity contribution in [3.8, 4) is 5.75 Å². The lowest BCUT2D eigenvalue weighted by molar-refractivity contribution is -0.387. The zero-order valence-electron chi connectivity index (χ0n) is 12.8. The van der Waals surface area contributed by atoms with Crippen molar-refractivity contribution < 1.29 is 18.1 Å². The molecule has 1 spiro atoms. The number of benzene rings is 1. The predicted octanol–water partition coefficient (Wildman–Crippen LogP) is 0.977. The van der Waals surface area contributed by atoms with Crippen molar-refractivity contribution in [2.45, 2.75) is 17.7 Å². The third kappa shape index (κ3) is 2.79. The van der Waals surface area contributed by atoms with Gasteiger partial charge in [0.05, 0.1) is 18.1 Å². The van der Waals surface area contributed by atoms with Gasteiger partial charge in [0.1, 0.15) is 5.75 Å². The average molecular weight is 341 g/mol. The lowest BCUT2D eigenvalue weighted by atomic mass is 9.87. The van der Waals surface area contributed by atoms with Gasteiger partial charge in [-0.1, -0.05) is 0 Å². The quantitative estimate of drug-likeness (QED) is 0.647. The lowest BCUT2D eigenvalue weighted by Crippen LogP contribution is -2.33. The van der Waals surface area contributed by atoms with Crippen molar-refractivity contribution in [2.75, 3.05) is 33.3 Å². The molecule has 0 aromatic heterocycles. The van der Waals surface area contributed by atoms with Crippen LogP contribution in [0.1, 0.15) is 12.8 Å². The number of nitro benzene ring substituents is 1. The van der Waals surface area contributed by atoms with Crippen molar-refractivity contribution in [3.63, 3.8) is 0 Å². The Kier molecular flexibility index (Phi) is 4.03. The maximum atomic E-state index is 12.9. The molecule has 8 nitrogen and oxygen atoms in total. The number of ether oxygens (including phenoxy) is 1. The average Bonchev–Trinajstić information content (AvgIpc) is 3.17. The van der Waals surface area contributed by atoms with Crippen LogP contribution >= 0.6 is 0 Å². The highest BCUT2D eigenvalue weighted by Gasteiger charge is 2.45. The van der Waals surface area contributed by atoms with Crippen LogP contribution in [0, 0.1) is 15.5 Å². The van der Waals surface area contributed by atoms with E-state index in [1.165, 1.54) is 23.5 Å². The fourth-order valence-corrected chi connectivity index (χ4v) is 5.06. The number of nitrogens with one attached hydrogen (secondary N) is 1. The van der Waals surface area contributed by atoms with Crippen LogP contribution in [0.4, 0.5) is 5.69 Å². The molecule has 9 heteroatoms. The molecule has 2 aliphatic rings. The molecular weight excluding hydrogens is 322 g/mol. The van der Waals surface area contributed by atoms with E-state index in [1.807, 2.05) is 0 Å². The van der Waals surface area contributed by atoms with E-state index in [2.05, 4.69) is 5.32 Å². The number of rotatable bonds is 4. The smallest absolute Gasteiger partial charge is 0.293 e. The minimum Gasteiger partial charge on any atom is -0.497 e. The van der Waals surface area contributed by atoms with Crippen LogP contribution in [-0.2, 0) is 10.0 Å². The molecule has 2 aliphatic heterocycles. The maximum absolute atomic E-state index is 12.9. The Morgan fingerprint density at radius 1 is 1.39 bits per heavy atom. The largest absolute Gasteiger partial charge is 0.497 e. The molecule has 0 aliphatic carbocycles. The molecule has 2 saturated heterocycles. The van der Waals surface area contributed by atoms with Crippen LogP contribution in [0.15, 0.2) is 23.1 Å². The van der Waals surface area contributed by atoms with Crippen LogP contribution in [0.2, 0.25) is 0 Å². The number of nitro groups is 1. The highest BCUT2D eigenvalue weighted by Crippen LogP contribution is 2.40. The van der Waals surface area contributed by atoms with Gasteiger partial charge in [-0.25, -0.2) is 8.42 Å². The fraction of sp³-hybridized carbons (Fsp3) is 0.571. The summed E-state index contributed by atoms with van der Waals surface area (Å²) in [5, 5.41) is 14.5. The molecule has 1 aromatic carbocycles. The molecule has 0 amide bonds. The number of sulfonamides is 1. The first-order chi connectivity index (χ1) is 10.9. The number of hydrogen-bond donors (Lipinski definition) is 1.